The molecular weight excluding hydrogens is 316 g/mol. The van der Waals surface area contributed by atoms with Crippen molar-refractivity contribution >= 4 is 17.0 Å². The Kier molecular flexibility index (Phi) is 4.19. The topological polar surface area (TPSA) is 72.5 Å². The highest BCUT2D eigenvalue weighted by molar-refractivity contribution is 6.02. The molecule has 1 aliphatic rings. The van der Waals surface area contributed by atoms with Gasteiger partial charge in [-0.2, -0.15) is 5.10 Å². The van der Waals surface area contributed by atoms with Crippen molar-refractivity contribution in [2.75, 3.05) is 7.11 Å². The van der Waals surface area contributed by atoms with Gasteiger partial charge in [0.25, 0.3) is 0 Å². The van der Waals surface area contributed by atoms with Crippen molar-refractivity contribution < 1.29 is 9.84 Å². The third kappa shape index (κ3) is 3.00. The van der Waals surface area contributed by atoms with E-state index in [2.05, 4.69) is 10.1 Å². The fourth-order valence-electron chi connectivity index (χ4n) is 3.29. The van der Waals surface area contributed by atoms with Crippen LogP contribution in [0.2, 0.25) is 0 Å². The Bertz CT molecular complexity index is 932. The highest BCUT2D eigenvalue weighted by atomic mass is 16.5. The molecule has 6 heteroatoms. The predicted molar refractivity (Wildman–Crippen MR) is 95.9 cm³/mol. The number of nitrogens with zero attached hydrogens (tertiary/aromatic N) is 4. The van der Waals surface area contributed by atoms with Gasteiger partial charge in [0.1, 0.15) is 18.4 Å². The summed E-state index contributed by atoms with van der Waals surface area (Å²) >= 11 is 0. The van der Waals surface area contributed by atoms with Crippen LogP contribution in [0.4, 0.5) is 0 Å². The molecule has 1 unspecified atom stereocenters. The van der Waals surface area contributed by atoms with Gasteiger partial charge >= 0.3 is 0 Å². The number of aromatic nitrogens is 3. The number of aliphatic imine (C=N–C) groups is 1. The summed E-state index contributed by atoms with van der Waals surface area (Å²) in [7, 11) is 1.64. The molecule has 0 aliphatic carbocycles. The number of methoxy groups -OCH3 is 1. The van der Waals surface area contributed by atoms with Gasteiger partial charge in [0, 0.05) is 25.4 Å². The maximum atomic E-state index is 10.3. The molecule has 1 aromatic heterocycles. The van der Waals surface area contributed by atoms with Crippen LogP contribution in [0, 0.1) is 0 Å². The Morgan fingerprint density at radius 1 is 1.32 bits per heavy atom. The number of hydrogen-bond acceptors (Lipinski definition) is 5. The van der Waals surface area contributed by atoms with Crippen LogP contribution in [0.25, 0.3) is 10.8 Å². The first-order valence-electron chi connectivity index (χ1n) is 8.42. The van der Waals surface area contributed by atoms with Gasteiger partial charge in [-0.15, -0.1) is 0 Å². The summed E-state index contributed by atoms with van der Waals surface area (Å²) in [6.45, 7) is 1.26. The third-order valence-electron chi connectivity index (χ3n) is 4.49. The van der Waals surface area contributed by atoms with Crippen molar-refractivity contribution in [1.29, 1.82) is 0 Å². The molecule has 1 atom stereocenters. The van der Waals surface area contributed by atoms with Gasteiger partial charge < -0.3 is 9.84 Å². The van der Waals surface area contributed by atoms with Gasteiger partial charge in [-0.05, 0) is 29.7 Å². The largest absolute Gasteiger partial charge is 0.507 e. The highest BCUT2D eigenvalue weighted by Gasteiger charge is 2.23. The maximum Gasteiger partial charge on any atom is 0.176 e. The van der Waals surface area contributed by atoms with Crippen LogP contribution in [-0.4, -0.2) is 33.2 Å². The monoisotopic (exact) mass is 336 g/mol. The molecule has 25 heavy (non-hydrogen) atoms. The zero-order valence-corrected chi connectivity index (χ0v) is 14.1. The van der Waals surface area contributed by atoms with Crippen LogP contribution in [0.5, 0.6) is 5.75 Å². The molecular formula is C19H20N4O2. The number of fused-ring (bicyclic) bond motifs is 2. The Morgan fingerprint density at radius 2 is 2.20 bits per heavy atom. The van der Waals surface area contributed by atoms with Crippen molar-refractivity contribution in [2.24, 2.45) is 4.99 Å². The van der Waals surface area contributed by atoms with E-state index >= 15 is 0 Å². The Morgan fingerprint density at radius 3 is 3.08 bits per heavy atom. The number of phenols is 1. The summed E-state index contributed by atoms with van der Waals surface area (Å²) in [5, 5.41) is 16.8. The van der Waals surface area contributed by atoms with Gasteiger partial charge in [0.15, 0.2) is 11.6 Å². The molecule has 1 N–H and O–H groups in total. The minimum absolute atomic E-state index is 0.0507. The van der Waals surface area contributed by atoms with Crippen LogP contribution in [-0.2, 0) is 17.9 Å². The highest BCUT2D eigenvalue weighted by Crippen LogP contribution is 2.29. The number of aryl methyl sites for hydroxylation is 1. The Hall–Kier alpha value is -2.73. The molecule has 2 heterocycles. The summed E-state index contributed by atoms with van der Waals surface area (Å²) in [5.41, 5.74) is 0.742. The molecule has 6 nitrogen and oxygen atoms in total. The van der Waals surface area contributed by atoms with E-state index in [1.165, 1.54) is 0 Å². The zero-order chi connectivity index (χ0) is 17.2. The van der Waals surface area contributed by atoms with Crippen LogP contribution < -0.4 is 0 Å². The van der Waals surface area contributed by atoms with Crippen LogP contribution in [0.15, 0.2) is 41.4 Å². The van der Waals surface area contributed by atoms with Crippen molar-refractivity contribution in [3.63, 3.8) is 0 Å². The molecule has 3 aromatic rings. The molecule has 2 aromatic carbocycles. The quantitative estimate of drug-likeness (QED) is 0.742. The molecule has 0 amide bonds. The molecule has 0 fully saturated rings. The van der Waals surface area contributed by atoms with Crippen LogP contribution in [0.3, 0.4) is 0 Å². The lowest BCUT2D eigenvalue weighted by molar-refractivity contribution is 0.177. The fraction of sp³-hybridized carbons (Fsp3) is 0.316. The summed E-state index contributed by atoms with van der Waals surface area (Å²) in [5.74, 6) is 1.79. The van der Waals surface area contributed by atoms with Crippen molar-refractivity contribution in [2.45, 2.75) is 32.0 Å². The minimum Gasteiger partial charge on any atom is -0.507 e. The second-order valence-corrected chi connectivity index (χ2v) is 6.20. The summed E-state index contributed by atoms with van der Waals surface area (Å²) in [6, 6.07) is 11.6. The Labute approximate surface area is 145 Å². The lowest BCUT2D eigenvalue weighted by Gasteiger charge is -2.18. The van der Waals surface area contributed by atoms with E-state index in [0.29, 0.717) is 12.4 Å². The molecule has 0 saturated carbocycles. The molecule has 128 valence electrons. The summed E-state index contributed by atoms with van der Waals surface area (Å²) in [6.07, 6.45) is 3.70. The van der Waals surface area contributed by atoms with Gasteiger partial charge in [0.2, 0.25) is 0 Å². The summed E-state index contributed by atoms with van der Waals surface area (Å²) in [4.78, 5) is 9.30. The minimum atomic E-state index is -0.0507. The predicted octanol–water partition coefficient (Wildman–Crippen LogP) is 3.24. The van der Waals surface area contributed by atoms with Crippen LogP contribution >= 0.6 is 0 Å². The molecule has 0 saturated heterocycles. The molecule has 0 radical (unpaired) electrons. The van der Waals surface area contributed by atoms with E-state index in [9.17, 15) is 5.11 Å². The first kappa shape index (κ1) is 15.8. The number of rotatable bonds is 4. The standard InChI is InChI=1S/C19H20N4O2/c1-25-12-18-21-19-16(7-4-10-23(19)22-18)20-11-15-14-6-3-2-5-13(14)8-9-17(15)24/h2-3,5-6,8-9,11,16,24H,4,7,10,12H2,1H3. The van der Waals surface area contributed by atoms with E-state index < -0.39 is 0 Å². The average molecular weight is 336 g/mol. The first-order valence-corrected chi connectivity index (χ1v) is 8.42. The second-order valence-electron chi connectivity index (χ2n) is 6.20. The van der Waals surface area contributed by atoms with Crippen LogP contribution in [0.1, 0.15) is 36.1 Å². The molecule has 0 spiro atoms. The lowest BCUT2D eigenvalue weighted by atomic mass is 10.0. The van der Waals surface area contributed by atoms with Gasteiger partial charge in [-0.25, -0.2) is 9.67 Å². The SMILES string of the molecule is COCc1nc2n(n1)CCCC2N=Cc1c(O)ccc2ccccc12. The first-order chi connectivity index (χ1) is 12.3. The molecule has 0 bridgehead atoms. The number of ether oxygens (including phenoxy) is 1. The van der Waals surface area contributed by atoms with Gasteiger partial charge in [-0.1, -0.05) is 30.3 Å². The average Bonchev–Trinajstić information content (AvgIpc) is 3.04. The number of hydrogen-bond donors (Lipinski definition) is 1. The number of phenolic OH excluding ortho intramolecular Hbond substituents is 1. The number of aromatic hydroxyl groups is 1. The van der Waals surface area contributed by atoms with Crippen molar-refractivity contribution in [3.05, 3.63) is 53.6 Å². The van der Waals surface area contributed by atoms with E-state index in [1.807, 2.05) is 35.0 Å². The maximum absolute atomic E-state index is 10.3. The zero-order valence-electron chi connectivity index (χ0n) is 14.1. The van der Waals surface area contributed by atoms with E-state index in [1.54, 1.807) is 19.4 Å². The molecule has 1 aliphatic heterocycles. The van der Waals surface area contributed by atoms with Crippen molar-refractivity contribution in [3.8, 4) is 5.75 Å². The van der Waals surface area contributed by atoms with Gasteiger partial charge in [0.05, 0.1) is 0 Å². The second kappa shape index (κ2) is 6.64. The Balaban J connectivity index is 1.69. The van der Waals surface area contributed by atoms with Crippen molar-refractivity contribution in [1.82, 2.24) is 14.8 Å². The van der Waals surface area contributed by atoms with Gasteiger partial charge in [-0.3, -0.25) is 4.99 Å². The normalized spacial score (nSPS) is 17.2. The van der Waals surface area contributed by atoms with E-state index in [0.717, 1.165) is 41.5 Å². The van der Waals surface area contributed by atoms with E-state index in [4.69, 9.17) is 9.73 Å². The lowest BCUT2D eigenvalue weighted by Crippen LogP contribution is -2.16. The summed E-state index contributed by atoms with van der Waals surface area (Å²) < 4.78 is 7.04. The fourth-order valence-corrected chi connectivity index (χ4v) is 3.29. The number of benzene rings is 2. The molecule has 4 rings (SSSR count). The third-order valence-corrected chi connectivity index (χ3v) is 4.49. The smallest absolute Gasteiger partial charge is 0.176 e. The van der Waals surface area contributed by atoms with E-state index in [-0.39, 0.29) is 11.8 Å².